The van der Waals surface area contributed by atoms with E-state index in [0.717, 1.165) is 50.7 Å². The number of hydrogen-bond acceptors (Lipinski definition) is 3. The SMILES string of the molecule is CCNC(=NCc1ccc(Cl)cc1Cl)NCC1(SC)CCOCC1. The third kappa shape index (κ3) is 5.73. The van der Waals surface area contributed by atoms with Crippen LogP contribution in [0, 0.1) is 0 Å². The number of benzene rings is 1. The fraction of sp³-hybridized carbons (Fsp3) is 0.588. The van der Waals surface area contributed by atoms with Gasteiger partial charge in [-0.15, -0.1) is 0 Å². The van der Waals surface area contributed by atoms with Crippen molar-refractivity contribution in [1.29, 1.82) is 0 Å². The van der Waals surface area contributed by atoms with Crippen molar-refractivity contribution in [2.24, 2.45) is 4.99 Å². The highest BCUT2D eigenvalue weighted by molar-refractivity contribution is 8.00. The van der Waals surface area contributed by atoms with Gasteiger partial charge < -0.3 is 15.4 Å². The van der Waals surface area contributed by atoms with Crippen LogP contribution < -0.4 is 10.6 Å². The van der Waals surface area contributed by atoms with Crippen LogP contribution in [-0.4, -0.2) is 43.3 Å². The van der Waals surface area contributed by atoms with E-state index in [0.29, 0.717) is 16.6 Å². The van der Waals surface area contributed by atoms with Gasteiger partial charge in [-0.05, 0) is 43.7 Å². The Balaban J connectivity index is 1.99. The lowest BCUT2D eigenvalue weighted by molar-refractivity contribution is 0.0783. The maximum atomic E-state index is 6.22. The van der Waals surface area contributed by atoms with Crippen LogP contribution in [0.3, 0.4) is 0 Å². The monoisotopic (exact) mass is 389 g/mol. The van der Waals surface area contributed by atoms with Crippen molar-refractivity contribution in [2.45, 2.75) is 31.1 Å². The van der Waals surface area contributed by atoms with E-state index in [1.807, 2.05) is 23.9 Å². The molecule has 0 atom stereocenters. The number of hydrogen-bond donors (Lipinski definition) is 2. The highest BCUT2D eigenvalue weighted by Gasteiger charge is 2.31. The second kappa shape index (κ2) is 9.76. The van der Waals surface area contributed by atoms with Gasteiger partial charge in [0, 0.05) is 41.1 Å². The zero-order valence-electron chi connectivity index (χ0n) is 14.2. The first-order chi connectivity index (χ1) is 11.6. The zero-order chi connectivity index (χ0) is 17.4. The van der Waals surface area contributed by atoms with Crippen molar-refractivity contribution in [1.82, 2.24) is 10.6 Å². The van der Waals surface area contributed by atoms with E-state index in [-0.39, 0.29) is 4.75 Å². The molecule has 1 saturated heterocycles. The van der Waals surface area contributed by atoms with Crippen LogP contribution in [0.15, 0.2) is 23.2 Å². The molecule has 24 heavy (non-hydrogen) atoms. The molecule has 134 valence electrons. The quantitative estimate of drug-likeness (QED) is 0.570. The van der Waals surface area contributed by atoms with Crippen LogP contribution in [0.25, 0.3) is 0 Å². The lowest BCUT2D eigenvalue weighted by atomic mass is 9.99. The summed E-state index contributed by atoms with van der Waals surface area (Å²) in [5, 5.41) is 8.05. The molecule has 0 aromatic heterocycles. The van der Waals surface area contributed by atoms with E-state index in [1.165, 1.54) is 0 Å². The molecule has 0 radical (unpaired) electrons. The third-order valence-electron chi connectivity index (χ3n) is 4.18. The van der Waals surface area contributed by atoms with E-state index in [4.69, 9.17) is 27.9 Å². The van der Waals surface area contributed by atoms with Crippen molar-refractivity contribution in [3.05, 3.63) is 33.8 Å². The molecule has 0 saturated carbocycles. The van der Waals surface area contributed by atoms with Crippen molar-refractivity contribution in [3.63, 3.8) is 0 Å². The second-order valence-corrected chi connectivity index (χ2v) is 7.90. The predicted octanol–water partition coefficient (Wildman–Crippen LogP) is 3.96. The van der Waals surface area contributed by atoms with E-state index < -0.39 is 0 Å². The van der Waals surface area contributed by atoms with Crippen molar-refractivity contribution >= 4 is 40.9 Å². The minimum atomic E-state index is 0.215. The summed E-state index contributed by atoms with van der Waals surface area (Å²) in [4.78, 5) is 4.65. The maximum Gasteiger partial charge on any atom is 0.191 e. The molecule has 1 aliphatic rings. The van der Waals surface area contributed by atoms with Gasteiger partial charge in [-0.2, -0.15) is 11.8 Å². The molecule has 0 spiro atoms. The van der Waals surface area contributed by atoms with Crippen LogP contribution in [0.4, 0.5) is 0 Å². The Morgan fingerprint density at radius 1 is 1.29 bits per heavy atom. The molecule has 7 heteroatoms. The first-order valence-corrected chi connectivity index (χ1v) is 10.2. The molecular formula is C17H25Cl2N3OS. The Morgan fingerprint density at radius 2 is 2.04 bits per heavy atom. The summed E-state index contributed by atoms with van der Waals surface area (Å²) < 4.78 is 5.71. The number of aliphatic imine (C=N–C) groups is 1. The van der Waals surface area contributed by atoms with E-state index >= 15 is 0 Å². The molecule has 1 aliphatic heterocycles. The van der Waals surface area contributed by atoms with Gasteiger partial charge in [-0.25, -0.2) is 4.99 Å². The fourth-order valence-electron chi connectivity index (χ4n) is 2.60. The van der Waals surface area contributed by atoms with Gasteiger partial charge >= 0.3 is 0 Å². The van der Waals surface area contributed by atoms with E-state index in [2.05, 4.69) is 28.8 Å². The molecule has 1 aromatic rings. The Hall–Kier alpha value is -0.620. The number of thioether (sulfide) groups is 1. The smallest absolute Gasteiger partial charge is 0.191 e. The second-order valence-electron chi connectivity index (χ2n) is 5.78. The average Bonchev–Trinajstić information content (AvgIpc) is 2.59. The van der Waals surface area contributed by atoms with Gasteiger partial charge in [-0.1, -0.05) is 29.3 Å². The van der Waals surface area contributed by atoms with Crippen LogP contribution >= 0.6 is 35.0 Å². The number of nitrogens with one attached hydrogen (secondary N) is 2. The number of halogens is 2. The minimum absolute atomic E-state index is 0.215. The molecular weight excluding hydrogens is 365 g/mol. The molecule has 4 nitrogen and oxygen atoms in total. The summed E-state index contributed by atoms with van der Waals surface area (Å²) in [6, 6.07) is 5.50. The van der Waals surface area contributed by atoms with Crippen LogP contribution in [0.1, 0.15) is 25.3 Å². The normalized spacial score (nSPS) is 17.6. The minimum Gasteiger partial charge on any atom is -0.381 e. The summed E-state index contributed by atoms with van der Waals surface area (Å²) >= 11 is 14.1. The fourth-order valence-corrected chi connectivity index (χ4v) is 3.86. The number of guanidine groups is 1. The van der Waals surface area contributed by atoms with Gasteiger partial charge in [0.05, 0.1) is 6.54 Å². The third-order valence-corrected chi connectivity index (χ3v) is 6.19. The van der Waals surface area contributed by atoms with E-state index in [1.54, 1.807) is 6.07 Å². The summed E-state index contributed by atoms with van der Waals surface area (Å²) in [6.45, 7) is 5.92. The van der Waals surface area contributed by atoms with Crippen LogP contribution in [-0.2, 0) is 11.3 Å². The first kappa shape index (κ1) is 19.7. The van der Waals surface area contributed by atoms with E-state index in [9.17, 15) is 0 Å². The molecule has 0 bridgehead atoms. The summed E-state index contributed by atoms with van der Waals surface area (Å²) in [7, 11) is 0. The van der Waals surface area contributed by atoms with Crippen molar-refractivity contribution in [3.8, 4) is 0 Å². The summed E-state index contributed by atoms with van der Waals surface area (Å²) in [5.74, 6) is 0.809. The lowest BCUT2D eigenvalue weighted by Crippen LogP contribution is -2.47. The molecule has 0 amide bonds. The van der Waals surface area contributed by atoms with Gasteiger partial charge in [0.2, 0.25) is 0 Å². The molecule has 1 aromatic carbocycles. The predicted molar refractivity (Wildman–Crippen MR) is 106 cm³/mol. The Morgan fingerprint density at radius 3 is 2.67 bits per heavy atom. The van der Waals surface area contributed by atoms with Gasteiger partial charge in [0.25, 0.3) is 0 Å². The Labute approximate surface area is 158 Å². The standard InChI is InChI=1S/C17H25Cl2N3OS/c1-3-20-16(21-11-13-4-5-14(18)10-15(13)19)22-12-17(24-2)6-8-23-9-7-17/h4-5,10H,3,6-9,11-12H2,1-2H3,(H2,20,21,22). The number of ether oxygens (including phenoxy) is 1. The van der Waals surface area contributed by atoms with Gasteiger partial charge in [-0.3, -0.25) is 0 Å². The molecule has 0 aliphatic carbocycles. The largest absolute Gasteiger partial charge is 0.381 e. The summed E-state index contributed by atoms with van der Waals surface area (Å²) in [6.07, 6.45) is 4.29. The molecule has 0 unspecified atom stereocenters. The number of nitrogens with zero attached hydrogens (tertiary/aromatic N) is 1. The molecule has 1 heterocycles. The van der Waals surface area contributed by atoms with Crippen LogP contribution in [0.5, 0.6) is 0 Å². The van der Waals surface area contributed by atoms with Crippen LogP contribution in [0.2, 0.25) is 10.0 Å². The Bertz CT molecular complexity index is 563. The molecule has 2 N–H and O–H groups in total. The Kier molecular flexibility index (Phi) is 8.01. The first-order valence-electron chi connectivity index (χ1n) is 8.17. The molecule has 1 fully saturated rings. The molecule has 2 rings (SSSR count). The maximum absolute atomic E-state index is 6.22. The lowest BCUT2D eigenvalue weighted by Gasteiger charge is -2.36. The van der Waals surface area contributed by atoms with Gasteiger partial charge in [0.15, 0.2) is 5.96 Å². The highest BCUT2D eigenvalue weighted by atomic mass is 35.5. The van der Waals surface area contributed by atoms with Gasteiger partial charge in [0.1, 0.15) is 0 Å². The van der Waals surface area contributed by atoms with Crippen molar-refractivity contribution < 1.29 is 4.74 Å². The van der Waals surface area contributed by atoms with Crippen molar-refractivity contribution in [2.75, 3.05) is 32.6 Å². The average molecular weight is 390 g/mol. The zero-order valence-corrected chi connectivity index (χ0v) is 16.5. The number of rotatable bonds is 6. The highest BCUT2D eigenvalue weighted by Crippen LogP contribution is 2.33. The summed E-state index contributed by atoms with van der Waals surface area (Å²) in [5.41, 5.74) is 0.962. The topological polar surface area (TPSA) is 45.7 Å².